The van der Waals surface area contributed by atoms with Crippen LogP contribution in [-0.2, 0) is 14.6 Å². The van der Waals surface area contributed by atoms with E-state index in [-0.39, 0.29) is 47.1 Å². The number of guanidine groups is 1. The van der Waals surface area contributed by atoms with Crippen molar-refractivity contribution in [3.63, 3.8) is 0 Å². The normalized spacial score (nSPS) is 16.5. The second kappa shape index (κ2) is 13.0. The van der Waals surface area contributed by atoms with Crippen LogP contribution in [0.2, 0.25) is 0 Å². The van der Waals surface area contributed by atoms with Crippen LogP contribution in [0, 0.1) is 11.3 Å². The monoisotopic (exact) mass is 544 g/mol. The summed E-state index contributed by atoms with van der Waals surface area (Å²) in [4.78, 5) is 18.8. The number of hydrogen-bond acceptors (Lipinski definition) is 4. The van der Waals surface area contributed by atoms with Crippen LogP contribution < -0.4 is 10.6 Å². The summed E-state index contributed by atoms with van der Waals surface area (Å²) >= 11 is 0. The Labute approximate surface area is 194 Å². The molecule has 1 saturated heterocycles. The minimum Gasteiger partial charge on any atom is -0.356 e. The number of nitrogens with one attached hydrogen (secondary N) is 2. The highest BCUT2D eigenvalue weighted by molar-refractivity contribution is 14.0. The number of rotatable bonds is 9. The number of likely N-dealkylation sites (tertiary alicyclic amines) is 1. The zero-order valence-corrected chi connectivity index (χ0v) is 22.1. The summed E-state index contributed by atoms with van der Waals surface area (Å²) in [6.45, 7) is 10.5. The minimum atomic E-state index is -2.95. The van der Waals surface area contributed by atoms with Crippen molar-refractivity contribution in [2.75, 3.05) is 38.7 Å². The van der Waals surface area contributed by atoms with E-state index in [0.29, 0.717) is 18.9 Å². The molecule has 0 bridgehead atoms. The number of carbonyl (C=O) groups is 1. The number of carbonyl (C=O) groups excluding carboxylic acids is 1. The van der Waals surface area contributed by atoms with Gasteiger partial charge in [-0.15, -0.1) is 24.0 Å². The summed E-state index contributed by atoms with van der Waals surface area (Å²) in [5.41, 5.74) is -0.147. The lowest BCUT2D eigenvalue weighted by Gasteiger charge is -2.35. The lowest BCUT2D eigenvalue weighted by Crippen LogP contribution is -2.51. The van der Waals surface area contributed by atoms with E-state index in [0.717, 1.165) is 44.7 Å². The summed E-state index contributed by atoms with van der Waals surface area (Å²) in [5.74, 6) is 1.36. The molecular weight excluding hydrogens is 503 g/mol. The van der Waals surface area contributed by atoms with Crippen molar-refractivity contribution < 1.29 is 13.2 Å². The summed E-state index contributed by atoms with van der Waals surface area (Å²) in [6, 6.07) is 0.288. The maximum atomic E-state index is 12.5. The van der Waals surface area contributed by atoms with Gasteiger partial charge in [0.15, 0.2) is 5.96 Å². The summed E-state index contributed by atoms with van der Waals surface area (Å²) in [7, 11) is -1.21. The predicted molar refractivity (Wildman–Crippen MR) is 132 cm³/mol. The summed E-state index contributed by atoms with van der Waals surface area (Å²) in [6.07, 6.45) is 5.50. The molecule has 0 aromatic heterocycles. The lowest BCUT2D eigenvalue weighted by molar-refractivity contribution is -0.136. The molecule has 1 amide bonds. The number of sulfone groups is 1. The molecule has 0 saturated carbocycles. The first kappa shape index (κ1) is 28.4. The van der Waals surface area contributed by atoms with Gasteiger partial charge in [0, 0.05) is 44.9 Å². The van der Waals surface area contributed by atoms with Gasteiger partial charge in [0.25, 0.3) is 0 Å². The molecule has 29 heavy (non-hydrogen) atoms. The second-order valence-corrected chi connectivity index (χ2v) is 11.0. The van der Waals surface area contributed by atoms with Crippen LogP contribution in [-0.4, -0.2) is 69.9 Å². The van der Waals surface area contributed by atoms with Gasteiger partial charge in [-0.3, -0.25) is 9.79 Å². The number of nitrogens with zero attached hydrogens (tertiary/aromatic N) is 2. The maximum absolute atomic E-state index is 12.5. The lowest BCUT2D eigenvalue weighted by atomic mass is 9.90. The van der Waals surface area contributed by atoms with E-state index in [4.69, 9.17) is 0 Å². The topological polar surface area (TPSA) is 90.9 Å². The standard InChI is InChI=1S/C20H40N4O3S.HI/c1-7-16(8-2)18(25)24-12-9-17(10-13-24)23-19(21-5)22-15-20(3,4)11-14-28(6,26)27;/h16-17H,7-15H2,1-6H3,(H2,21,22,23);1H. The molecule has 0 radical (unpaired) electrons. The molecule has 2 N–H and O–H groups in total. The molecular formula is C20H41IN4O3S. The Kier molecular flexibility index (Phi) is 12.7. The molecule has 0 unspecified atom stereocenters. The Bertz CT molecular complexity index is 626. The van der Waals surface area contributed by atoms with Gasteiger partial charge >= 0.3 is 0 Å². The first-order chi connectivity index (χ1) is 13.0. The molecule has 1 aliphatic rings. The zero-order valence-electron chi connectivity index (χ0n) is 19.0. The first-order valence-electron chi connectivity index (χ1n) is 10.4. The predicted octanol–water partition coefficient (Wildman–Crippen LogP) is 2.66. The van der Waals surface area contributed by atoms with Crippen LogP contribution in [0.4, 0.5) is 0 Å². The Morgan fingerprint density at radius 3 is 2.21 bits per heavy atom. The summed E-state index contributed by atoms with van der Waals surface area (Å²) < 4.78 is 22.8. The Hall–Kier alpha value is -0.580. The van der Waals surface area contributed by atoms with Crippen LogP contribution in [0.1, 0.15) is 59.8 Å². The highest BCUT2D eigenvalue weighted by Crippen LogP contribution is 2.20. The Balaban J connectivity index is 0.00000784. The smallest absolute Gasteiger partial charge is 0.225 e. The fraction of sp³-hybridized carbons (Fsp3) is 0.900. The van der Waals surface area contributed by atoms with Crippen molar-refractivity contribution in [2.24, 2.45) is 16.3 Å². The fourth-order valence-corrected chi connectivity index (χ4v) is 4.32. The molecule has 7 nitrogen and oxygen atoms in total. The van der Waals surface area contributed by atoms with Crippen LogP contribution >= 0.6 is 24.0 Å². The van der Waals surface area contributed by atoms with E-state index in [2.05, 4.69) is 43.3 Å². The van der Waals surface area contributed by atoms with Crippen LogP contribution in [0.5, 0.6) is 0 Å². The number of aliphatic imine (C=N–C) groups is 1. The molecule has 0 aromatic rings. The minimum absolute atomic E-state index is 0. The van der Waals surface area contributed by atoms with Gasteiger partial charge in [-0.05, 0) is 37.5 Å². The zero-order chi connectivity index (χ0) is 21.4. The molecule has 172 valence electrons. The average molecular weight is 545 g/mol. The van der Waals surface area contributed by atoms with E-state index in [1.54, 1.807) is 7.05 Å². The van der Waals surface area contributed by atoms with E-state index in [1.165, 1.54) is 6.26 Å². The third-order valence-electron chi connectivity index (χ3n) is 5.59. The number of halogens is 1. The molecule has 0 aromatic carbocycles. The molecule has 0 atom stereocenters. The van der Waals surface area contributed by atoms with Gasteiger partial charge < -0.3 is 15.5 Å². The molecule has 0 aliphatic carbocycles. The third kappa shape index (κ3) is 10.8. The number of amides is 1. The van der Waals surface area contributed by atoms with Gasteiger partial charge in [0.1, 0.15) is 9.84 Å². The highest BCUT2D eigenvalue weighted by Gasteiger charge is 2.27. The van der Waals surface area contributed by atoms with E-state index in [9.17, 15) is 13.2 Å². The first-order valence-corrected chi connectivity index (χ1v) is 12.5. The molecule has 1 heterocycles. The third-order valence-corrected chi connectivity index (χ3v) is 6.54. The van der Waals surface area contributed by atoms with Crippen LogP contribution in [0.3, 0.4) is 0 Å². The van der Waals surface area contributed by atoms with Crippen molar-refractivity contribution in [1.82, 2.24) is 15.5 Å². The number of piperidine rings is 1. The Morgan fingerprint density at radius 1 is 1.21 bits per heavy atom. The van der Waals surface area contributed by atoms with Gasteiger partial charge in [-0.25, -0.2) is 8.42 Å². The van der Waals surface area contributed by atoms with Gasteiger partial charge in [0.05, 0.1) is 5.75 Å². The number of hydrogen-bond donors (Lipinski definition) is 2. The summed E-state index contributed by atoms with van der Waals surface area (Å²) in [5, 5.41) is 6.78. The fourth-order valence-electron chi connectivity index (χ4n) is 3.40. The highest BCUT2D eigenvalue weighted by atomic mass is 127. The van der Waals surface area contributed by atoms with Crippen molar-refractivity contribution in [3.05, 3.63) is 0 Å². The van der Waals surface area contributed by atoms with Crippen LogP contribution in [0.25, 0.3) is 0 Å². The van der Waals surface area contributed by atoms with E-state index in [1.807, 2.05) is 4.90 Å². The van der Waals surface area contributed by atoms with Crippen molar-refractivity contribution in [3.8, 4) is 0 Å². The second-order valence-electron chi connectivity index (χ2n) is 8.73. The molecule has 1 fully saturated rings. The van der Waals surface area contributed by atoms with Crippen molar-refractivity contribution in [2.45, 2.75) is 65.8 Å². The SMILES string of the molecule is CCC(CC)C(=O)N1CCC(NC(=NC)NCC(C)(C)CCS(C)(=O)=O)CC1.I. The van der Waals surface area contributed by atoms with Crippen molar-refractivity contribution in [1.29, 1.82) is 0 Å². The van der Waals surface area contributed by atoms with Gasteiger partial charge in [-0.2, -0.15) is 0 Å². The van der Waals surface area contributed by atoms with E-state index >= 15 is 0 Å². The maximum Gasteiger partial charge on any atom is 0.225 e. The molecule has 1 rings (SSSR count). The largest absolute Gasteiger partial charge is 0.356 e. The molecule has 0 spiro atoms. The van der Waals surface area contributed by atoms with E-state index < -0.39 is 9.84 Å². The molecule has 1 aliphatic heterocycles. The average Bonchev–Trinajstić information content (AvgIpc) is 2.64. The van der Waals surface area contributed by atoms with Crippen LogP contribution in [0.15, 0.2) is 4.99 Å². The Morgan fingerprint density at radius 2 is 1.76 bits per heavy atom. The van der Waals surface area contributed by atoms with Gasteiger partial charge in [0.2, 0.25) is 5.91 Å². The molecule has 9 heteroatoms. The van der Waals surface area contributed by atoms with Crippen molar-refractivity contribution >= 4 is 45.7 Å². The van der Waals surface area contributed by atoms with Gasteiger partial charge in [-0.1, -0.05) is 27.7 Å². The quantitative estimate of drug-likeness (QED) is 0.265.